The number of aromatic nitrogens is 2. The molecular weight excluding hydrogens is 322 g/mol. The smallest absolute Gasteiger partial charge is 0.275 e. The van der Waals surface area contributed by atoms with E-state index in [2.05, 4.69) is 15.5 Å². The number of carbonyl (C=O) groups is 2. The molecule has 1 N–H and O–H groups in total. The largest absolute Gasteiger partial charge is 0.344 e. The maximum absolute atomic E-state index is 11.6. The molecule has 0 saturated carbocycles. The van der Waals surface area contributed by atoms with Crippen molar-refractivity contribution in [3.05, 3.63) is 17.0 Å². The molecule has 0 aromatic carbocycles. The summed E-state index contributed by atoms with van der Waals surface area (Å²) in [6.07, 6.45) is 2.03. The number of hydrazone groups is 1. The van der Waals surface area contributed by atoms with Gasteiger partial charge in [0.25, 0.3) is 0 Å². The van der Waals surface area contributed by atoms with Crippen molar-refractivity contribution in [2.24, 2.45) is 5.10 Å². The lowest BCUT2D eigenvalue weighted by atomic mass is 10.2. The fraction of sp³-hybridized carbons (Fsp3) is 0.538. The Morgan fingerprint density at radius 1 is 1.35 bits per heavy atom. The van der Waals surface area contributed by atoms with Gasteiger partial charge >= 0.3 is 6.03 Å². The van der Waals surface area contributed by atoms with Gasteiger partial charge in [-0.1, -0.05) is 0 Å². The minimum atomic E-state index is -3.00. The lowest BCUT2D eigenvalue weighted by Crippen LogP contribution is -2.24. The van der Waals surface area contributed by atoms with Gasteiger partial charge in [0.15, 0.2) is 9.84 Å². The van der Waals surface area contributed by atoms with Gasteiger partial charge in [-0.25, -0.2) is 18.2 Å². The number of amides is 3. The van der Waals surface area contributed by atoms with Gasteiger partial charge in [0.2, 0.25) is 5.91 Å². The van der Waals surface area contributed by atoms with Crippen LogP contribution in [0.25, 0.3) is 0 Å². The Balaban J connectivity index is 1.84. The van der Waals surface area contributed by atoms with Gasteiger partial charge in [-0.3, -0.25) is 14.8 Å². The molecule has 9 nitrogen and oxygen atoms in total. The molecule has 2 fully saturated rings. The predicted molar refractivity (Wildman–Crippen MR) is 81.8 cm³/mol. The molecule has 3 heterocycles. The highest BCUT2D eigenvalue weighted by Crippen LogP contribution is 2.26. The third-order valence-electron chi connectivity index (χ3n) is 4.04. The van der Waals surface area contributed by atoms with Crippen molar-refractivity contribution in [3.63, 3.8) is 0 Å². The van der Waals surface area contributed by atoms with Crippen LogP contribution in [0, 0.1) is 13.8 Å². The Morgan fingerprint density at radius 2 is 2.09 bits per heavy atom. The molecule has 2 aliphatic heterocycles. The first kappa shape index (κ1) is 15.7. The molecule has 3 amide bonds. The van der Waals surface area contributed by atoms with E-state index in [9.17, 15) is 18.0 Å². The number of urea groups is 1. The Morgan fingerprint density at radius 3 is 2.65 bits per heavy atom. The van der Waals surface area contributed by atoms with Crippen LogP contribution >= 0.6 is 0 Å². The summed E-state index contributed by atoms with van der Waals surface area (Å²) in [5.74, 6) is -0.128. The zero-order valence-electron chi connectivity index (χ0n) is 12.8. The number of rotatable bonds is 3. The molecule has 1 aromatic heterocycles. The van der Waals surface area contributed by atoms with E-state index in [0.717, 1.165) is 16.3 Å². The number of hydrogen-bond donors (Lipinski definition) is 1. The van der Waals surface area contributed by atoms with Crippen LogP contribution in [0.4, 0.5) is 4.79 Å². The van der Waals surface area contributed by atoms with Crippen LogP contribution in [0.1, 0.15) is 29.4 Å². The molecule has 2 saturated heterocycles. The lowest BCUT2D eigenvalue weighted by molar-refractivity contribution is -0.118. The third-order valence-corrected chi connectivity index (χ3v) is 5.79. The molecule has 10 heteroatoms. The van der Waals surface area contributed by atoms with E-state index in [1.165, 1.54) is 6.21 Å². The Bertz CT molecular complexity index is 811. The molecule has 1 atom stereocenters. The number of carbonyl (C=O) groups excluding carboxylic acids is 2. The number of hydrogen-bond acceptors (Lipinski definition) is 6. The van der Waals surface area contributed by atoms with Crippen molar-refractivity contribution in [2.75, 3.05) is 18.1 Å². The van der Waals surface area contributed by atoms with Gasteiger partial charge in [-0.2, -0.15) is 10.2 Å². The SMILES string of the molecule is Cc1nn([C@H]2CCS(=O)(=O)C2)c(C)c1C=NN1CC(=O)NC1=O. The van der Waals surface area contributed by atoms with Gasteiger partial charge in [0.1, 0.15) is 6.54 Å². The van der Waals surface area contributed by atoms with Crippen LogP contribution in [-0.2, 0) is 14.6 Å². The fourth-order valence-electron chi connectivity index (χ4n) is 2.84. The number of nitrogens with one attached hydrogen (secondary N) is 1. The van der Waals surface area contributed by atoms with Crippen molar-refractivity contribution in [2.45, 2.75) is 26.3 Å². The Labute approximate surface area is 133 Å². The predicted octanol–water partition coefficient (Wildman–Crippen LogP) is -0.255. The van der Waals surface area contributed by atoms with Crippen LogP contribution in [0.2, 0.25) is 0 Å². The summed E-state index contributed by atoms with van der Waals surface area (Å²) in [4.78, 5) is 22.6. The molecule has 0 spiro atoms. The summed E-state index contributed by atoms with van der Waals surface area (Å²) < 4.78 is 25.0. The van der Waals surface area contributed by atoms with Crippen LogP contribution in [0.15, 0.2) is 5.10 Å². The molecule has 23 heavy (non-hydrogen) atoms. The molecule has 0 radical (unpaired) electrons. The second-order valence-corrected chi connectivity index (χ2v) is 7.97. The molecule has 124 valence electrons. The molecule has 0 unspecified atom stereocenters. The van der Waals surface area contributed by atoms with Gasteiger partial charge in [0.05, 0.1) is 29.5 Å². The second kappa shape index (κ2) is 5.44. The first-order valence-electron chi connectivity index (χ1n) is 7.18. The summed E-state index contributed by atoms with van der Waals surface area (Å²) in [7, 11) is -3.00. The monoisotopic (exact) mass is 339 g/mol. The maximum Gasteiger partial charge on any atom is 0.344 e. The zero-order valence-corrected chi connectivity index (χ0v) is 13.6. The van der Waals surface area contributed by atoms with Crippen molar-refractivity contribution in [1.29, 1.82) is 0 Å². The highest BCUT2D eigenvalue weighted by atomic mass is 32.2. The average molecular weight is 339 g/mol. The van der Waals surface area contributed by atoms with Gasteiger partial charge in [0, 0.05) is 11.3 Å². The topological polar surface area (TPSA) is 114 Å². The van der Waals surface area contributed by atoms with E-state index in [1.807, 2.05) is 6.92 Å². The average Bonchev–Trinajstić information content (AvgIpc) is 3.06. The third kappa shape index (κ3) is 2.98. The minimum Gasteiger partial charge on any atom is -0.275 e. The summed E-state index contributed by atoms with van der Waals surface area (Å²) >= 11 is 0. The van der Waals surface area contributed by atoms with E-state index < -0.39 is 21.8 Å². The number of aryl methyl sites for hydroxylation is 1. The fourth-order valence-corrected chi connectivity index (χ4v) is 4.53. The van der Waals surface area contributed by atoms with E-state index >= 15 is 0 Å². The minimum absolute atomic E-state index is 0.0918. The Kier molecular flexibility index (Phi) is 3.71. The second-order valence-electron chi connectivity index (χ2n) is 5.74. The molecule has 0 bridgehead atoms. The van der Waals surface area contributed by atoms with Gasteiger partial charge in [-0.05, 0) is 20.3 Å². The van der Waals surface area contributed by atoms with E-state index in [-0.39, 0.29) is 24.1 Å². The normalized spacial score (nSPS) is 23.9. The molecule has 3 rings (SSSR count). The number of imide groups is 1. The first-order valence-corrected chi connectivity index (χ1v) is 9.00. The van der Waals surface area contributed by atoms with Crippen LogP contribution in [0.3, 0.4) is 0 Å². The van der Waals surface area contributed by atoms with Crippen molar-refractivity contribution < 1.29 is 18.0 Å². The standard InChI is InChI=1S/C13H17N5O4S/c1-8-11(5-14-17-6-12(19)15-13(17)20)9(2)18(16-8)10-3-4-23(21,22)7-10/h5,10H,3-4,6-7H2,1-2H3,(H,15,19,20)/t10-/m0/s1. The summed E-state index contributed by atoms with van der Waals surface area (Å²) in [6.45, 7) is 3.52. The van der Waals surface area contributed by atoms with Gasteiger partial charge < -0.3 is 0 Å². The summed E-state index contributed by atoms with van der Waals surface area (Å²) in [5, 5.41) is 11.6. The summed E-state index contributed by atoms with van der Waals surface area (Å²) in [6, 6.07) is -0.728. The van der Waals surface area contributed by atoms with Crippen molar-refractivity contribution in [3.8, 4) is 0 Å². The zero-order chi connectivity index (χ0) is 16.8. The van der Waals surface area contributed by atoms with Crippen molar-refractivity contribution >= 4 is 28.0 Å². The Hall–Kier alpha value is -2.23. The molecule has 0 aliphatic carbocycles. The van der Waals surface area contributed by atoms with Gasteiger partial charge in [-0.15, -0.1) is 0 Å². The highest BCUT2D eigenvalue weighted by Gasteiger charge is 2.31. The lowest BCUT2D eigenvalue weighted by Gasteiger charge is -2.11. The highest BCUT2D eigenvalue weighted by molar-refractivity contribution is 7.91. The maximum atomic E-state index is 11.6. The van der Waals surface area contributed by atoms with Crippen LogP contribution in [-0.4, -0.2) is 59.4 Å². The van der Waals surface area contributed by atoms with Crippen molar-refractivity contribution in [1.82, 2.24) is 20.1 Å². The molecule has 1 aromatic rings. The molecular formula is C13H17N5O4S. The van der Waals surface area contributed by atoms with Crippen LogP contribution < -0.4 is 5.32 Å². The summed E-state index contributed by atoms with van der Waals surface area (Å²) in [5.41, 5.74) is 2.21. The van der Waals surface area contributed by atoms with Crippen LogP contribution in [0.5, 0.6) is 0 Å². The number of sulfone groups is 1. The number of nitrogens with zero attached hydrogens (tertiary/aromatic N) is 4. The van der Waals surface area contributed by atoms with E-state index in [0.29, 0.717) is 12.1 Å². The van der Waals surface area contributed by atoms with E-state index in [4.69, 9.17) is 0 Å². The van der Waals surface area contributed by atoms with E-state index in [1.54, 1.807) is 11.6 Å². The molecule has 2 aliphatic rings. The first-order chi connectivity index (χ1) is 10.8. The quantitative estimate of drug-likeness (QED) is 0.602.